The lowest BCUT2D eigenvalue weighted by Crippen LogP contribution is -2.42. The Hall–Kier alpha value is -2.68. The highest BCUT2D eigenvalue weighted by atomic mass is 16.6. The van der Waals surface area contributed by atoms with E-state index in [1.165, 1.54) is 0 Å². The zero-order valence-electron chi connectivity index (χ0n) is 27.5. The molecular weight excluding hydrogens is 624 g/mol. The highest BCUT2D eigenvalue weighted by Crippen LogP contribution is 1.96. The Balaban J connectivity index is 4.26. The molecule has 1 unspecified atom stereocenters. The van der Waals surface area contributed by atoms with E-state index in [1.807, 2.05) is 0 Å². The molecule has 0 rings (SSSR count). The van der Waals surface area contributed by atoms with Gasteiger partial charge in [-0.15, -0.1) is 0 Å². The van der Waals surface area contributed by atoms with E-state index in [0.717, 1.165) is 0 Å². The predicted octanol–water partition coefficient (Wildman–Crippen LogP) is -1.77. The first-order chi connectivity index (χ1) is 23.0. The summed E-state index contributed by atoms with van der Waals surface area (Å²) in [7, 11) is 0. The van der Waals surface area contributed by atoms with Gasteiger partial charge in [-0.2, -0.15) is 0 Å². The van der Waals surface area contributed by atoms with Crippen LogP contribution in [0.25, 0.3) is 10.4 Å². The molecule has 3 amide bonds. The van der Waals surface area contributed by atoms with E-state index in [0.29, 0.717) is 85.6 Å². The van der Waals surface area contributed by atoms with E-state index in [9.17, 15) is 14.4 Å². The summed E-state index contributed by atoms with van der Waals surface area (Å²) in [5.41, 5.74) is 18.9. The van der Waals surface area contributed by atoms with Crippen molar-refractivity contribution in [1.82, 2.24) is 16.0 Å². The third-order valence-electron chi connectivity index (χ3n) is 5.60. The number of nitrogens with two attached hydrogens (primary N) is 2. The average molecular weight is 681 g/mol. The molecule has 0 aromatic carbocycles. The fourth-order valence-corrected chi connectivity index (χ4v) is 3.36. The molecule has 0 fully saturated rings. The highest BCUT2D eigenvalue weighted by molar-refractivity contribution is 5.76. The Morgan fingerprint density at radius 3 is 1.45 bits per heavy atom. The number of hydrogen-bond acceptors (Lipinski definition) is 14. The molecule has 0 aliphatic carbocycles. The minimum absolute atomic E-state index is 0.0993. The Labute approximate surface area is 276 Å². The largest absolute Gasteiger partial charge is 0.379 e. The number of ether oxygens (including phenoxy) is 8. The quantitative estimate of drug-likeness (QED) is 0.0213. The number of nitrogens with zero attached hydrogens (tertiary/aromatic N) is 3. The fraction of sp³-hybridized carbons (Fsp3) is 0.893. The van der Waals surface area contributed by atoms with Crippen molar-refractivity contribution in [3.63, 3.8) is 0 Å². The lowest BCUT2D eigenvalue weighted by atomic mass is 10.3. The summed E-state index contributed by atoms with van der Waals surface area (Å²) in [6.07, 6.45) is 0.365. The normalized spacial score (nSPS) is 11.5. The number of amides is 3. The maximum Gasteiger partial charge on any atom is 0.222 e. The molecule has 0 aliphatic rings. The molecule has 1 atom stereocenters. The van der Waals surface area contributed by atoms with Crippen LogP contribution in [0.4, 0.5) is 0 Å². The number of nitrogens with one attached hydrogen (secondary N) is 3. The van der Waals surface area contributed by atoms with Crippen LogP contribution in [0.2, 0.25) is 0 Å². The van der Waals surface area contributed by atoms with Gasteiger partial charge in [0.05, 0.1) is 112 Å². The summed E-state index contributed by atoms with van der Waals surface area (Å²) < 4.78 is 43.1. The van der Waals surface area contributed by atoms with E-state index in [4.69, 9.17) is 54.9 Å². The minimum atomic E-state index is -0.508. The Bertz CT molecular complexity index is 810. The van der Waals surface area contributed by atoms with Crippen LogP contribution in [0, 0.1) is 0 Å². The van der Waals surface area contributed by atoms with Crippen molar-refractivity contribution in [3.8, 4) is 0 Å². The number of hydrogen-bond donors (Lipinski definition) is 5. The Morgan fingerprint density at radius 2 is 0.957 bits per heavy atom. The SMILES string of the molecule is [N-]=[N+]=NCCOCCNC(=O)CCOCC(COCCC(=O)NCCOCCN)NC(=O)CCOCCOCCOCCOCCN. The van der Waals surface area contributed by atoms with Crippen molar-refractivity contribution in [2.24, 2.45) is 16.6 Å². The topological polar surface area (TPSA) is 262 Å². The molecule has 0 radical (unpaired) electrons. The predicted molar refractivity (Wildman–Crippen MR) is 170 cm³/mol. The van der Waals surface area contributed by atoms with Gasteiger partial charge in [-0.3, -0.25) is 14.4 Å². The van der Waals surface area contributed by atoms with Crippen LogP contribution in [0.5, 0.6) is 0 Å². The number of carbonyl (C=O) groups is 3. The molecule has 0 saturated carbocycles. The van der Waals surface area contributed by atoms with Crippen molar-refractivity contribution < 1.29 is 52.3 Å². The van der Waals surface area contributed by atoms with Crippen LogP contribution in [-0.4, -0.2) is 162 Å². The Morgan fingerprint density at radius 1 is 0.553 bits per heavy atom. The molecule has 19 heteroatoms. The van der Waals surface area contributed by atoms with E-state index in [1.54, 1.807) is 0 Å². The maximum absolute atomic E-state index is 12.5. The maximum atomic E-state index is 12.5. The van der Waals surface area contributed by atoms with Crippen LogP contribution in [0.3, 0.4) is 0 Å². The van der Waals surface area contributed by atoms with Crippen LogP contribution >= 0.6 is 0 Å². The monoisotopic (exact) mass is 680 g/mol. The summed E-state index contributed by atoms with van der Waals surface area (Å²) in [5.74, 6) is -0.671. The Kier molecular flexibility index (Phi) is 34.1. The van der Waals surface area contributed by atoms with Crippen molar-refractivity contribution in [2.45, 2.75) is 25.3 Å². The van der Waals surface area contributed by atoms with E-state index in [2.05, 4.69) is 26.0 Å². The number of rotatable bonds is 36. The lowest BCUT2D eigenvalue weighted by molar-refractivity contribution is -0.126. The first-order valence-electron chi connectivity index (χ1n) is 15.9. The van der Waals surface area contributed by atoms with Gasteiger partial charge in [0.1, 0.15) is 0 Å². The average Bonchev–Trinajstić information content (AvgIpc) is 3.06. The summed E-state index contributed by atoms with van der Waals surface area (Å²) >= 11 is 0. The minimum Gasteiger partial charge on any atom is -0.379 e. The second-order valence-corrected chi connectivity index (χ2v) is 9.57. The number of azide groups is 1. The van der Waals surface area contributed by atoms with Crippen molar-refractivity contribution in [2.75, 3.05) is 138 Å². The van der Waals surface area contributed by atoms with Crippen LogP contribution in [-0.2, 0) is 52.3 Å². The zero-order chi connectivity index (χ0) is 34.5. The zero-order valence-corrected chi connectivity index (χ0v) is 27.5. The molecule has 47 heavy (non-hydrogen) atoms. The van der Waals surface area contributed by atoms with E-state index >= 15 is 0 Å². The molecular formula is C28H56N8O11. The fourth-order valence-electron chi connectivity index (χ4n) is 3.36. The second kappa shape index (κ2) is 36.2. The highest BCUT2D eigenvalue weighted by Gasteiger charge is 2.14. The molecule has 0 saturated heterocycles. The van der Waals surface area contributed by atoms with Gasteiger partial charge in [-0.05, 0) is 5.53 Å². The van der Waals surface area contributed by atoms with Crippen molar-refractivity contribution in [1.29, 1.82) is 0 Å². The van der Waals surface area contributed by atoms with Crippen LogP contribution < -0.4 is 27.4 Å². The molecule has 0 aromatic rings. The summed E-state index contributed by atoms with van der Waals surface area (Å²) in [5, 5.41) is 11.6. The van der Waals surface area contributed by atoms with Crippen molar-refractivity contribution >= 4 is 17.7 Å². The molecule has 0 bridgehead atoms. The van der Waals surface area contributed by atoms with Crippen molar-refractivity contribution in [3.05, 3.63) is 10.4 Å². The molecule has 0 heterocycles. The molecule has 0 aromatic heterocycles. The van der Waals surface area contributed by atoms with Gasteiger partial charge in [0.25, 0.3) is 0 Å². The molecule has 0 aliphatic heterocycles. The van der Waals surface area contributed by atoms with Gasteiger partial charge in [-0.25, -0.2) is 0 Å². The van der Waals surface area contributed by atoms with Gasteiger partial charge < -0.3 is 65.3 Å². The first kappa shape index (κ1) is 44.3. The molecule has 19 nitrogen and oxygen atoms in total. The van der Waals surface area contributed by atoms with Gasteiger partial charge >= 0.3 is 0 Å². The molecule has 274 valence electrons. The molecule has 7 N–H and O–H groups in total. The van der Waals surface area contributed by atoms with Crippen LogP contribution in [0.15, 0.2) is 5.11 Å². The number of carbonyl (C=O) groups excluding carboxylic acids is 3. The standard InChI is InChI=1S/C28H56N8O11/c29-4-12-41-14-6-32-26(37)1-10-46-23-25(24-47-11-2-27(38)33-7-15-43-16-8-34-36-31)35-28(39)3-9-40-17-19-44-21-22-45-20-18-42-13-5-30/h25H,1-24,29-30H2,(H,32,37)(H,33,38)(H,35,39). The van der Waals surface area contributed by atoms with Gasteiger partial charge in [0.2, 0.25) is 17.7 Å². The van der Waals surface area contributed by atoms with Gasteiger partial charge in [0, 0.05) is 56.9 Å². The van der Waals surface area contributed by atoms with Crippen LogP contribution in [0.1, 0.15) is 19.3 Å². The molecule has 0 spiro atoms. The first-order valence-corrected chi connectivity index (χ1v) is 15.9. The summed E-state index contributed by atoms with van der Waals surface area (Å²) in [6, 6.07) is -0.508. The van der Waals surface area contributed by atoms with Gasteiger partial charge in [0.15, 0.2) is 0 Å². The smallest absolute Gasteiger partial charge is 0.222 e. The second-order valence-electron chi connectivity index (χ2n) is 9.57. The summed E-state index contributed by atoms with van der Waals surface area (Å²) in [6.45, 7) is 6.87. The van der Waals surface area contributed by atoms with E-state index in [-0.39, 0.29) is 89.8 Å². The third-order valence-corrected chi connectivity index (χ3v) is 5.60. The lowest BCUT2D eigenvalue weighted by Gasteiger charge is -2.19. The van der Waals surface area contributed by atoms with Gasteiger partial charge in [-0.1, -0.05) is 5.11 Å². The van der Waals surface area contributed by atoms with E-state index < -0.39 is 6.04 Å². The summed E-state index contributed by atoms with van der Waals surface area (Å²) in [4.78, 5) is 39.1. The third kappa shape index (κ3) is 34.5.